The molecule has 6 nitrogen and oxygen atoms in total. The number of carboxylic acids is 1. The van der Waals surface area contributed by atoms with Crippen LogP contribution in [0.25, 0.3) is 0 Å². The van der Waals surface area contributed by atoms with E-state index < -0.39 is 12.0 Å². The maximum Gasteiger partial charge on any atom is 0.326 e. The Morgan fingerprint density at radius 2 is 1.73 bits per heavy atom. The molecule has 4 aliphatic carbocycles. The zero-order chi connectivity index (χ0) is 26.5. The van der Waals surface area contributed by atoms with Crippen LogP contribution >= 0.6 is 0 Å². The molecule has 1 aliphatic heterocycles. The Morgan fingerprint density at radius 3 is 2.43 bits per heavy atom. The Balaban J connectivity index is 1.16. The normalized spacial score (nSPS) is 43.9. The summed E-state index contributed by atoms with van der Waals surface area (Å²) in [4.78, 5) is 37.5. The van der Waals surface area contributed by atoms with Gasteiger partial charge in [-0.15, -0.1) is 0 Å². The molecule has 10 atom stereocenters. The van der Waals surface area contributed by atoms with Crippen LogP contribution in [0.3, 0.4) is 0 Å². The van der Waals surface area contributed by atoms with Crippen molar-refractivity contribution in [1.82, 2.24) is 10.2 Å². The topological polar surface area (TPSA) is 86.7 Å². The van der Waals surface area contributed by atoms with Crippen molar-refractivity contribution in [2.24, 2.45) is 46.3 Å². The largest absolute Gasteiger partial charge is 0.480 e. The molecule has 0 aromatic carbocycles. The summed E-state index contributed by atoms with van der Waals surface area (Å²) >= 11 is 0. The van der Waals surface area contributed by atoms with Gasteiger partial charge < -0.3 is 15.3 Å². The first-order chi connectivity index (χ1) is 17.5. The second-order valence-electron chi connectivity index (χ2n) is 14.2. The van der Waals surface area contributed by atoms with Crippen LogP contribution in [0, 0.1) is 46.3 Å². The third kappa shape index (κ3) is 4.73. The van der Waals surface area contributed by atoms with E-state index in [0.717, 1.165) is 30.1 Å². The zero-order valence-electron chi connectivity index (χ0n) is 23.6. The summed E-state index contributed by atoms with van der Waals surface area (Å²) in [6, 6.07) is -1.11. The predicted molar refractivity (Wildman–Crippen MR) is 144 cm³/mol. The number of hydrogen-bond acceptors (Lipinski definition) is 3. The zero-order valence-corrected chi connectivity index (χ0v) is 23.6. The van der Waals surface area contributed by atoms with Crippen LogP contribution < -0.4 is 5.32 Å². The number of likely N-dealkylation sites (tertiary alicyclic amines) is 1. The van der Waals surface area contributed by atoms with Crippen molar-refractivity contribution in [2.75, 3.05) is 6.54 Å². The van der Waals surface area contributed by atoms with Crippen LogP contribution in [-0.2, 0) is 14.4 Å². The van der Waals surface area contributed by atoms with Gasteiger partial charge >= 0.3 is 5.97 Å². The first-order valence-corrected chi connectivity index (χ1v) is 15.3. The van der Waals surface area contributed by atoms with Crippen molar-refractivity contribution in [1.29, 1.82) is 0 Å². The van der Waals surface area contributed by atoms with Crippen molar-refractivity contribution in [3.8, 4) is 0 Å². The van der Waals surface area contributed by atoms with Crippen molar-refractivity contribution >= 4 is 17.8 Å². The molecular formula is C31H50N2O4. The van der Waals surface area contributed by atoms with E-state index in [0.29, 0.717) is 35.5 Å². The number of carboxylic acid groups (broad SMARTS) is 1. The lowest BCUT2D eigenvalue weighted by Crippen LogP contribution is -2.53. The maximum atomic E-state index is 12.8. The van der Waals surface area contributed by atoms with Crippen molar-refractivity contribution in [3.05, 3.63) is 0 Å². The summed E-state index contributed by atoms with van der Waals surface area (Å²) in [5.41, 5.74) is 0.999. The first-order valence-electron chi connectivity index (χ1n) is 15.3. The van der Waals surface area contributed by atoms with Gasteiger partial charge in [-0.05, 0) is 104 Å². The number of amides is 2. The van der Waals surface area contributed by atoms with Crippen LogP contribution in [0.2, 0.25) is 0 Å². The molecule has 5 aliphatic rings. The molecule has 0 aromatic heterocycles. The molecule has 5 rings (SSSR count). The maximum absolute atomic E-state index is 12.8. The summed E-state index contributed by atoms with van der Waals surface area (Å²) in [5, 5.41) is 12.5. The molecule has 6 heteroatoms. The summed E-state index contributed by atoms with van der Waals surface area (Å²) in [7, 11) is 0. The predicted octanol–water partition coefficient (Wildman–Crippen LogP) is 5.64. The average molecular weight is 515 g/mol. The molecule has 2 N–H and O–H groups in total. The number of carbonyl (C=O) groups excluding carboxylic acids is 2. The second-order valence-corrected chi connectivity index (χ2v) is 14.2. The van der Waals surface area contributed by atoms with Gasteiger partial charge in [0, 0.05) is 32.4 Å². The average Bonchev–Trinajstić information content (AvgIpc) is 3.43. The van der Waals surface area contributed by atoms with E-state index in [-0.39, 0.29) is 24.4 Å². The minimum Gasteiger partial charge on any atom is -0.480 e. The lowest BCUT2D eigenvalue weighted by Gasteiger charge is -2.61. The third-order valence-corrected chi connectivity index (χ3v) is 12.5. The number of carbonyl (C=O) groups is 3. The number of aliphatic carboxylic acids is 1. The summed E-state index contributed by atoms with van der Waals surface area (Å²) < 4.78 is 0. The first kappa shape index (κ1) is 27.0. The molecule has 1 saturated heterocycles. The Kier molecular flexibility index (Phi) is 7.43. The summed E-state index contributed by atoms with van der Waals surface area (Å²) in [5.74, 6) is 3.63. The Hall–Kier alpha value is -1.59. The van der Waals surface area contributed by atoms with Gasteiger partial charge in [0.15, 0.2) is 0 Å². The molecule has 1 heterocycles. The minimum absolute atomic E-state index is 0.00153. The van der Waals surface area contributed by atoms with Crippen LogP contribution in [0.1, 0.15) is 111 Å². The lowest BCUT2D eigenvalue weighted by atomic mass is 9.44. The van der Waals surface area contributed by atoms with Gasteiger partial charge in [-0.1, -0.05) is 33.6 Å². The van der Waals surface area contributed by atoms with E-state index in [1.165, 1.54) is 76.0 Å². The van der Waals surface area contributed by atoms with Gasteiger partial charge in [0.2, 0.25) is 11.8 Å². The summed E-state index contributed by atoms with van der Waals surface area (Å²) in [6.07, 6.45) is 15.8. The van der Waals surface area contributed by atoms with Crippen LogP contribution in [0.5, 0.6) is 0 Å². The van der Waals surface area contributed by atoms with Gasteiger partial charge in [-0.25, -0.2) is 4.79 Å². The SMILES string of the molecule is CC(=O)N1C[C@@H](NC(=O)CC[C@@H](C)[C@H]2CCC3C4CCC5CCCC[C@]5(C)C4CC[C@@]32C)C[C@H]1C(=O)O. The standard InChI is InChI=1S/C31H50N2O4/c1-19(8-13-28(35)32-22-17-27(29(36)37)33(18-22)20(2)34)24-11-12-25-23-10-9-21-7-5-6-15-30(21,3)26(23)14-16-31(24,25)4/h19,21-27H,5-18H2,1-4H3,(H,32,35)(H,36,37)/t19-,21?,22+,23?,24-,25?,26?,27+,30+,31-/m1/s1. The highest BCUT2D eigenvalue weighted by molar-refractivity contribution is 5.83. The van der Waals surface area contributed by atoms with Gasteiger partial charge in [-0.2, -0.15) is 0 Å². The number of hydrogen-bond donors (Lipinski definition) is 2. The van der Waals surface area contributed by atoms with E-state index in [2.05, 4.69) is 26.1 Å². The number of nitrogens with one attached hydrogen (secondary N) is 1. The van der Waals surface area contributed by atoms with E-state index in [1.807, 2.05) is 0 Å². The molecule has 0 bridgehead atoms. The summed E-state index contributed by atoms with van der Waals surface area (Å²) in [6.45, 7) is 9.30. The number of rotatable bonds is 6. The fourth-order valence-corrected chi connectivity index (χ4v) is 10.7. The highest BCUT2D eigenvalue weighted by atomic mass is 16.4. The Morgan fingerprint density at radius 1 is 0.973 bits per heavy atom. The van der Waals surface area contributed by atoms with Gasteiger partial charge in [-0.3, -0.25) is 9.59 Å². The van der Waals surface area contributed by atoms with Gasteiger partial charge in [0.05, 0.1) is 0 Å². The molecule has 5 fully saturated rings. The Labute approximate surface area is 223 Å². The molecule has 4 unspecified atom stereocenters. The smallest absolute Gasteiger partial charge is 0.326 e. The van der Waals surface area contributed by atoms with Gasteiger partial charge in [0.25, 0.3) is 0 Å². The highest BCUT2D eigenvalue weighted by Gasteiger charge is 2.60. The van der Waals surface area contributed by atoms with Crippen molar-refractivity contribution in [2.45, 2.75) is 123 Å². The molecule has 0 radical (unpaired) electrons. The highest BCUT2D eigenvalue weighted by Crippen LogP contribution is 2.68. The number of fused-ring (bicyclic) bond motifs is 5. The minimum atomic E-state index is -0.995. The number of nitrogens with zero attached hydrogens (tertiary/aromatic N) is 1. The third-order valence-electron chi connectivity index (χ3n) is 12.5. The quantitative estimate of drug-likeness (QED) is 0.480. The monoisotopic (exact) mass is 514 g/mol. The van der Waals surface area contributed by atoms with E-state index in [9.17, 15) is 19.5 Å². The second kappa shape index (κ2) is 10.2. The van der Waals surface area contributed by atoms with E-state index in [4.69, 9.17) is 0 Å². The molecular weight excluding hydrogens is 464 g/mol. The van der Waals surface area contributed by atoms with Gasteiger partial charge in [0.1, 0.15) is 6.04 Å². The van der Waals surface area contributed by atoms with E-state index >= 15 is 0 Å². The molecule has 4 saturated carbocycles. The lowest BCUT2D eigenvalue weighted by molar-refractivity contribution is -0.147. The molecule has 2 amide bonds. The molecule has 0 aromatic rings. The van der Waals surface area contributed by atoms with Crippen LogP contribution in [0.15, 0.2) is 0 Å². The van der Waals surface area contributed by atoms with Crippen LogP contribution in [-0.4, -0.2) is 46.4 Å². The molecule has 208 valence electrons. The Bertz CT molecular complexity index is 884. The van der Waals surface area contributed by atoms with E-state index in [1.54, 1.807) is 0 Å². The van der Waals surface area contributed by atoms with Crippen molar-refractivity contribution < 1.29 is 19.5 Å². The fourth-order valence-electron chi connectivity index (χ4n) is 10.7. The molecule has 0 spiro atoms. The van der Waals surface area contributed by atoms with Crippen molar-refractivity contribution in [3.63, 3.8) is 0 Å². The fraction of sp³-hybridized carbons (Fsp3) is 0.903. The van der Waals surface area contributed by atoms with Crippen LogP contribution in [0.4, 0.5) is 0 Å². The molecule has 37 heavy (non-hydrogen) atoms.